The highest BCUT2D eigenvalue weighted by Gasteiger charge is 2.49. The first-order chi connectivity index (χ1) is 11.6. The van der Waals surface area contributed by atoms with Crippen molar-refractivity contribution >= 4 is 23.1 Å². The van der Waals surface area contributed by atoms with Gasteiger partial charge in [-0.15, -0.1) is 16.5 Å². The van der Waals surface area contributed by atoms with Crippen LogP contribution in [0.4, 0.5) is 0 Å². The van der Waals surface area contributed by atoms with E-state index in [4.69, 9.17) is 4.74 Å². The maximum atomic E-state index is 12.6. The zero-order valence-electron chi connectivity index (χ0n) is 15.3. The predicted octanol–water partition coefficient (Wildman–Crippen LogP) is 0.934. The van der Waals surface area contributed by atoms with Gasteiger partial charge in [-0.05, 0) is 45.3 Å². The molecule has 1 fully saturated rings. The molecule has 0 radical (unpaired) electrons. The van der Waals surface area contributed by atoms with E-state index in [1.54, 1.807) is 0 Å². The molecular formula is C17H31NO5S2. The van der Waals surface area contributed by atoms with E-state index in [-0.39, 0.29) is 5.92 Å². The van der Waals surface area contributed by atoms with Gasteiger partial charge in [-0.1, -0.05) is 19.1 Å². The van der Waals surface area contributed by atoms with Gasteiger partial charge in [0.1, 0.15) is 34.6 Å². The summed E-state index contributed by atoms with van der Waals surface area (Å²) in [5.74, 6) is 0.735. The number of hydrogen-bond donors (Lipinski definition) is 4. The highest BCUT2D eigenvalue weighted by atomic mass is 32.2. The van der Waals surface area contributed by atoms with Crippen LogP contribution in [0.25, 0.3) is 0 Å². The molecule has 146 valence electrons. The molecule has 2 aliphatic heterocycles. The van der Waals surface area contributed by atoms with Crippen LogP contribution in [0.15, 0.2) is 12.2 Å². The third-order valence-corrected chi connectivity index (χ3v) is 7.40. The molecule has 0 aromatic rings. The third-order valence-electron chi connectivity index (χ3n) is 4.56. The fourth-order valence-electron chi connectivity index (χ4n) is 2.91. The number of aliphatic hydroxyl groups is 3. The van der Waals surface area contributed by atoms with Crippen LogP contribution in [-0.4, -0.2) is 66.3 Å². The molecule has 2 bridgehead atoms. The van der Waals surface area contributed by atoms with Gasteiger partial charge in [0.05, 0.1) is 6.04 Å². The van der Waals surface area contributed by atoms with Crippen molar-refractivity contribution < 1.29 is 24.6 Å². The summed E-state index contributed by atoms with van der Waals surface area (Å²) in [4.78, 5) is 0. The van der Waals surface area contributed by atoms with Gasteiger partial charge in [0, 0.05) is 11.4 Å². The molecule has 0 aliphatic carbocycles. The van der Waals surface area contributed by atoms with Crippen molar-refractivity contribution in [2.24, 2.45) is 5.92 Å². The molecule has 0 saturated carbocycles. The van der Waals surface area contributed by atoms with Crippen LogP contribution in [0.5, 0.6) is 0 Å². The summed E-state index contributed by atoms with van der Waals surface area (Å²) < 4.78 is 21.2. The molecule has 0 aromatic carbocycles. The van der Waals surface area contributed by atoms with Crippen LogP contribution in [0.2, 0.25) is 0 Å². The SMILES string of the molecule is C[C@@H]1/C=C/CCCS[C@H]2O[C@@H]([C@H](O)[C@H](O)[C@H]2O)[C@@H]1N[S+]([O-])C(C)(C)C. The number of hydrogen-bond acceptors (Lipinski definition) is 7. The van der Waals surface area contributed by atoms with E-state index in [1.807, 2.05) is 33.8 Å². The third kappa shape index (κ3) is 5.35. The van der Waals surface area contributed by atoms with Crippen LogP contribution >= 0.6 is 11.8 Å². The van der Waals surface area contributed by atoms with Gasteiger partial charge in [-0.25, -0.2) is 0 Å². The summed E-state index contributed by atoms with van der Waals surface area (Å²) in [6.07, 6.45) is 1.53. The molecule has 0 aromatic heterocycles. The first kappa shape index (κ1) is 21.5. The van der Waals surface area contributed by atoms with E-state index in [0.717, 1.165) is 18.6 Å². The number of aliphatic hydroxyl groups excluding tert-OH is 3. The Bertz CT molecular complexity index is 459. The molecule has 0 spiro atoms. The van der Waals surface area contributed by atoms with Crippen LogP contribution in [-0.2, 0) is 16.1 Å². The highest BCUT2D eigenvalue weighted by molar-refractivity contribution is 7.99. The van der Waals surface area contributed by atoms with Crippen LogP contribution in [0.3, 0.4) is 0 Å². The van der Waals surface area contributed by atoms with Gasteiger partial charge in [0.25, 0.3) is 0 Å². The highest BCUT2D eigenvalue weighted by Crippen LogP contribution is 2.33. The first-order valence-corrected chi connectivity index (χ1v) is 11.0. The lowest BCUT2D eigenvalue weighted by Crippen LogP contribution is -2.64. The summed E-state index contributed by atoms with van der Waals surface area (Å²) in [5.41, 5.74) is -0.610. The van der Waals surface area contributed by atoms with E-state index >= 15 is 0 Å². The Labute approximate surface area is 157 Å². The van der Waals surface area contributed by atoms with Crippen LogP contribution in [0.1, 0.15) is 40.5 Å². The second-order valence-corrected chi connectivity index (χ2v) is 11.0. The molecule has 2 heterocycles. The van der Waals surface area contributed by atoms with E-state index in [1.165, 1.54) is 11.8 Å². The number of rotatable bonds is 2. The smallest absolute Gasteiger partial charge is 0.136 e. The summed E-state index contributed by atoms with van der Waals surface area (Å²) in [6.45, 7) is 7.59. The fraction of sp³-hybridized carbons (Fsp3) is 0.882. The Morgan fingerprint density at radius 1 is 1.20 bits per heavy atom. The lowest BCUT2D eigenvalue weighted by atomic mass is 9.88. The Morgan fingerprint density at radius 3 is 2.52 bits per heavy atom. The minimum absolute atomic E-state index is 0.0582. The molecule has 2 rings (SSSR count). The van der Waals surface area contributed by atoms with Gasteiger partial charge in [-0.3, -0.25) is 0 Å². The average molecular weight is 394 g/mol. The predicted molar refractivity (Wildman–Crippen MR) is 101 cm³/mol. The molecule has 0 amide bonds. The van der Waals surface area contributed by atoms with E-state index < -0.39 is 52.0 Å². The van der Waals surface area contributed by atoms with Crippen molar-refractivity contribution in [1.82, 2.24) is 4.72 Å². The maximum absolute atomic E-state index is 12.6. The molecule has 8 heteroatoms. The number of ether oxygens (including phenoxy) is 1. The van der Waals surface area contributed by atoms with E-state index in [9.17, 15) is 19.9 Å². The Balaban J connectivity index is 2.30. The first-order valence-electron chi connectivity index (χ1n) is 8.79. The molecule has 8 atom stereocenters. The topological polar surface area (TPSA) is 105 Å². The standard InChI is InChI=1S/C17H31NO5S2/c1-10-8-6-5-7-9-24-16-14(21)12(19)13(20)15(23-16)11(10)18-25(22)17(2,3)4/h6,8,10-16,18-21H,5,7,9H2,1-4H3/b8-6+/t10-,11-,12+,13-,14-,15-,16-,25?/m1/s1. The molecule has 6 nitrogen and oxygen atoms in total. The number of nitrogens with one attached hydrogen (secondary N) is 1. The minimum atomic E-state index is -1.35. The zero-order chi connectivity index (χ0) is 18.8. The molecule has 1 unspecified atom stereocenters. The Morgan fingerprint density at radius 2 is 1.88 bits per heavy atom. The number of allylic oxidation sites excluding steroid dienone is 1. The van der Waals surface area contributed by atoms with E-state index in [2.05, 4.69) is 10.8 Å². The van der Waals surface area contributed by atoms with Gasteiger partial charge in [-0.2, -0.15) is 0 Å². The summed E-state index contributed by atoms with van der Waals surface area (Å²) in [7, 11) is 0. The second kappa shape index (κ2) is 8.93. The van der Waals surface area contributed by atoms with Crippen molar-refractivity contribution in [3.05, 3.63) is 12.2 Å². The van der Waals surface area contributed by atoms with Gasteiger partial charge >= 0.3 is 0 Å². The molecule has 2 aliphatic rings. The molecule has 4 N–H and O–H groups in total. The van der Waals surface area contributed by atoms with Crippen molar-refractivity contribution in [3.63, 3.8) is 0 Å². The Kier molecular flexibility index (Phi) is 7.68. The van der Waals surface area contributed by atoms with Crippen molar-refractivity contribution in [2.45, 2.75) is 81.2 Å². The quantitative estimate of drug-likeness (QED) is 0.409. The van der Waals surface area contributed by atoms with Gasteiger partial charge in [0.15, 0.2) is 0 Å². The lowest BCUT2D eigenvalue weighted by Gasteiger charge is -2.44. The summed E-state index contributed by atoms with van der Waals surface area (Å²) in [6, 6.07) is -0.449. The molecule has 25 heavy (non-hydrogen) atoms. The largest absolute Gasteiger partial charge is 0.598 e. The number of fused-ring (bicyclic) bond motifs is 2. The fourth-order valence-corrected chi connectivity index (χ4v) is 4.99. The van der Waals surface area contributed by atoms with Crippen molar-refractivity contribution in [2.75, 3.05) is 5.75 Å². The summed E-state index contributed by atoms with van der Waals surface area (Å²) >= 11 is 0.0913. The number of thioether (sulfide) groups is 1. The van der Waals surface area contributed by atoms with E-state index in [0.29, 0.717) is 0 Å². The lowest BCUT2D eigenvalue weighted by molar-refractivity contribution is -0.205. The maximum Gasteiger partial charge on any atom is 0.136 e. The van der Waals surface area contributed by atoms with Crippen molar-refractivity contribution in [1.29, 1.82) is 0 Å². The monoisotopic (exact) mass is 393 g/mol. The Hall–Kier alpha value is 0.200. The van der Waals surface area contributed by atoms with Gasteiger partial charge in [0.2, 0.25) is 0 Å². The second-order valence-electron chi connectivity index (χ2n) is 7.77. The van der Waals surface area contributed by atoms with Crippen LogP contribution in [0, 0.1) is 5.92 Å². The minimum Gasteiger partial charge on any atom is -0.598 e. The normalized spacial score (nSPS) is 43.1. The zero-order valence-corrected chi connectivity index (χ0v) is 16.9. The van der Waals surface area contributed by atoms with Crippen LogP contribution < -0.4 is 4.72 Å². The molecular weight excluding hydrogens is 362 g/mol. The van der Waals surface area contributed by atoms with Crippen molar-refractivity contribution in [3.8, 4) is 0 Å². The summed E-state index contributed by atoms with van der Waals surface area (Å²) in [5, 5.41) is 31.0. The molecule has 1 saturated heterocycles. The van der Waals surface area contributed by atoms with Gasteiger partial charge < -0.3 is 24.6 Å². The average Bonchev–Trinajstić information content (AvgIpc) is 2.56.